The minimum Gasteiger partial charge on any atom is -0.396 e. The first kappa shape index (κ1) is 14.9. The number of methoxy groups -OCH3 is 1. The van der Waals surface area contributed by atoms with E-state index >= 15 is 0 Å². The van der Waals surface area contributed by atoms with Crippen molar-refractivity contribution in [3.05, 3.63) is 18.3 Å². The summed E-state index contributed by atoms with van der Waals surface area (Å²) < 4.78 is 33.8. The summed E-state index contributed by atoms with van der Waals surface area (Å²) in [6.45, 7) is 1.33. The zero-order valence-electron chi connectivity index (χ0n) is 10.3. The molecule has 0 atom stereocenters. The highest BCUT2D eigenvalue weighted by Crippen LogP contribution is 2.16. The van der Waals surface area contributed by atoms with Gasteiger partial charge in [-0.2, -0.15) is 0 Å². The quantitative estimate of drug-likeness (QED) is 0.694. The molecule has 1 aromatic rings. The van der Waals surface area contributed by atoms with Gasteiger partial charge in [0.1, 0.15) is 0 Å². The first-order valence-corrected chi connectivity index (χ1v) is 7.23. The van der Waals surface area contributed by atoms with Crippen molar-refractivity contribution >= 4 is 15.5 Å². The van der Waals surface area contributed by atoms with Gasteiger partial charge in [-0.3, -0.25) is 0 Å². The van der Waals surface area contributed by atoms with Gasteiger partial charge in [0.15, 0.2) is 14.9 Å². The van der Waals surface area contributed by atoms with E-state index < -0.39 is 9.84 Å². The number of pyridine rings is 1. The van der Waals surface area contributed by atoms with Gasteiger partial charge in [-0.15, -0.1) is 0 Å². The van der Waals surface area contributed by atoms with Gasteiger partial charge in [-0.1, -0.05) is 0 Å². The van der Waals surface area contributed by atoms with Crippen LogP contribution < -0.4 is 5.73 Å². The van der Waals surface area contributed by atoms with Crippen molar-refractivity contribution in [2.45, 2.75) is 11.4 Å². The third kappa shape index (κ3) is 4.59. The molecule has 0 aliphatic heterocycles. The fourth-order valence-corrected chi connectivity index (χ4v) is 2.69. The van der Waals surface area contributed by atoms with Crippen LogP contribution in [0.4, 0.5) is 5.69 Å². The number of hydrogen-bond acceptors (Lipinski definition) is 6. The summed E-state index contributed by atoms with van der Waals surface area (Å²) in [6, 6.07) is 3.12. The number of ether oxygens (including phenoxy) is 2. The van der Waals surface area contributed by atoms with E-state index in [4.69, 9.17) is 15.2 Å². The summed E-state index contributed by atoms with van der Waals surface area (Å²) >= 11 is 0. The van der Waals surface area contributed by atoms with E-state index in [9.17, 15) is 8.42 Å². The van der Waals surface area contributed by atoms with Crippen molar-refractivity contribution < 1.29 is 17.9 Å². The molecule has 0 spiro atoms. The molecule has 7 heteroatoms. The fourth-order valence-electron chi connectivity index (χ4n) is 1.36. The number of nitrogen functional groups attached to an aromatic ring is 1. The van der Waals surface area contributed by atoms with E-state index in [1.54, 1.807) is 13.2 Å². The number of rotatable bonds is 8. The van der Waals surface area contributed by atoms with Crippen LogP contribution in [0.15, 0.2) is 23.4 Å². The predicted octanol–water partition coefficient (Wildman–Crippen LogP) is 0.491. The number of aromatic nitrogens is 1. The van der Waals surface area contributed by atoms with Crippen molar-refractivity contribution in [1.29, 1.82) is 0 Å². The number of nitrogens with zero attached hydrogens (tertiary/aromatic N) is 1. The van der Waals surface area contributed by atoms with E-state index in [2.05, 4.69) is 4.98 Å². The number of anilines is 1. The Hall–Kier alpha value is -1.18. The first-order chi connectivity index (χ1) is 8.58. The monoisotopic (exact) mass is 274 g/mol. The molecule has 0 aliphatic rings. The summed E-state index contributed by atoms with van der Waals surface area (Å²) in [7, 11) is -1.85. The van der Waals surface area contributed by atoms with Crippen LogP contribution in [-0.4, -0.2) is 46.1 Å². The highest BCUT2D eigenvalue weighted by Gasteiger charge is 2.18. The van der Waals surface area contributed by atoms with Gasteiger partial charge in [0.2, 0.25) is 0 Å². The Labute approximate surface area is 107 Å². The SMILES string of the molecule is COCCOCCCS(=O)(=O)c1ncccc1N. The van der Waals surface area contributed by atoms with Crippen molar-refractivity contribution in [3.63, 3.8) is 0 Å². The molecule has 2 N–H and O–H groups in total. The molecule has 0 saturated heterocycles. The van der Waals surface area contributed by atoms with Gasteiger partial charge < -0.3 is 15.2 Å². The first-order valence-electron chi connectivity index (χ1n) is 5.58. The van der Waals surface area contributed by atoms with E-state index in [1.807, 2.05) is 0 Å². The van der Waals surface area contributed by atoms with Crippen LogP contribution >= 0.6 is 0 Å². The lowest BCUT2D eigenvalue weighted by atomic mass is 10.4. The molecular formula is C11H18N2O4S. The summed E-state index contributed by atoms with van der Waals surface area (Å²) in [5.41, 5.74) is 5.77. The minimum absolute atomic E-state index is 0.0266. The standard InChI is InChI=1S/C11H18N2O4S/c1-16-7-8-17-6-3-9-18(14,15)11-10(12)4-2-5-13-11/h2,4-5H,3,6-9,12H2,1H3. The van der Waals surface area contributed by atoms with Crippen LogP contribution in [0.25, 0.3) is 0 Å². The molecule has 102 valence electrons. The van der Waals surface area contributed by atoms with E-state index in [-0.39, 0.29) is 16.5 Å². The molecule has 0 radical (unpaired) electrons. The minimum atomic E-state index is -3.43. The summed E-state index contributed by atoms with van der Waals surface area (Å²) in [6.07, 6.45) is 1.82. The lowest BCUT2D eigenvalue weighted by Gasteiger charge is -2.06. The second kappa shape index (κ2) is 7.30. The van der Waals surface area contributed by atoms with Crippen LogP contribution in [-0.2, 0) is 19.3 Å². The van der Waals surface area contributed by atoms with Crippen LogP contribution in [0.3, 0.4) is 0 Å². The average molecular weight is 274 g/mol. The Kier molecular flexibility index (Phi) is 6.03. The Morgan fingerprint density at radius 1 is 1.33 bits per heavy atom. The average Bonchev–Trinajstić information content (AvgIpc) is 2.34. The normalized spacial score (nSPS) is 11.6. The molecule has 6 nitrogen and oxygen atoms in total. The molecule has 0 unspecified atom stereocenters. The number of hydrogen-bond donors (Lipinski definition) is 1. The largest absolute Gasteiger partial charge is 0.396 e. The molecule has 0 aliphatic carbocycles. The summed E-state index contributed by atoms with van der Waals surface area (Å²) in [4.78, 5) is 3.80. The van der Waals surface area contributed by atoms with Crippen molar-refractivity contribution in [1.82, 2.24) is 4.98 Å². The van der Waals surface area contributed by atoms with Crippen molar-refractivity contribution in [2.24, 2.45) is 0 Å². The highest BCUT2D eigenvalue weighted by molar-refractivity contribution is 7.91. The van der Waals surface area contributed by atoms with Crippen LogP contribution in [0.1, 0.15) is 6.42 Å². The summed E-state index contributed by atoms with van der Waals surface area (Å²) in [5.74, 6) is -0.0266. The molecule has 0 aromatic carbocycles. The molecule has 0 amide bonds. The maximum Gasteiger partial charge on any atom is 0.197 e. The van der Waals surface area contributed by atoms with Crippen molar-refractivity contribution in [3.8, 4) is 0 Å². The van der Waals surface area contributed by atoms with Gasteiger partial charge in [0.25, 0.3) is 0 Å². The van der Waals surface area contributed by atoms with Gasteiger partial charge in [-0.05, 0) is 18.6 Å². The maximum atomic E-state index is 11.9. The zero-order valence-corrected chi connectivity index (χ0v) is 11.1. The van der Waals surface area contributed by atoms with Gasteiger partial charge in [0.05, 0.1) is 24.7 Å². The van der Waals surface area contributed by atoms with E-state index in [1.165, 1.54) is 12.3 Å². The molecule has 18 heavy (non-hydrogen) atoms. The Bertz CT molecular complexity index is 462. The molecular weight excluding hydrogens is 256 g/mol. The number of nitrogens with two attached hydrogens (primary N) is 1. The third-order valence-corrected chi connectivity index (χ3v) is 3.99. The van der Waals surface area contributed by atoms with Gasteiger partial charge >= 0.3 is 0 Å². The molecule has 0 saturated carbocycles. The van der Waals surface area contributed by atoms with Crippen LogP contribution in [0.5, 0.6) is 0 Å². The van der Waals surface area contributed by atoms with Crippen LogP contribution in [0, 0.1) is 0 Å². The van der Waals surface area contributed by atoms with Gasteiger partial charge in [-0.25, -0.2) is 13.4 Å². The molecule has 1 heterocycles. The molecule has 0 bridgehead atoms. The fraction of sp³-hybridized carbons (Fsp3) is 0.545. The van der Waals surface area contributed by atoms with Crippen molar-refractivity contribution in [2.75, 3.05) is 38.4 Å². The molecule has 1 rings (SSSR count). The van der Waals surface area contributed by atoms with E-state index in [0.717, 1.165) is 0 Å². The second-order valence-corrected chi connectivity index (χ2v) is 5.70. The zero-order chi connectivity index (χ0) is 13.4. The smallest absolute Gasteiger partial charge is 0.197 e. The number of sulfone groups is 1. The molecule has 1 aromatic heterocycles. The van der Waals surface area contributed by atoms with Crippen LogP contribution in [0.2, 0.25) is 0 Å². The Morgan fingerprint density at radius 3 is 2.78 bits per heavy atom. The lowest BCUT2D eigenvalue weighted by molar-refractivity contribution is 0.0712. The topological polar surface area (TPSA) is 91.5 Å². The third-order valence-electron chi connectivity index (χ3n) is 2.23. The molecule has 0 fully saturated rings. The lowest BCUT2D eigenvalue weighted by Crippen LogP contribution is -2.13. The van der Waals surface area contributed by atoms with Gasteiger partial charge in [0, 0.05) is 19.9 Å². The highest BCUT2D eigenvalue weighted by atomic mass is 32.2. The second-order valence-electron chi connectivity index (χ2n) is 3.68. The predicted molar refractivity (Wildman–Crippen MR) is 68.0 cm³/mol. The Morgan fingerprint density at radius 2 is 2.11 bits per heavy atom. The Balaban J connectivity index is 2.44. The van der Waals surface area contributed by atoms with E-state index in [0.29, 0.717) is 26.2 Å². The summed E-state index contributed by atoms with van der Waals surface area (Å²) in [5, 5.41) is -0.0538. The maximum absolute atomic E-state index is 11.9.